The van der Waals surface area contributed by atoms with E-state index in [1.807, 2.05) is 221 Å². The molecule has 0 spiro atoms. The molecule has 0 saturated heterocycles. The van der Waals surface area contributed by atoms with Crippen LogP contribution in [0.5, 0.6) is 0 Å². The van der Waals surface area contributed by atoms with Crippen LogP contribution in [0.15, 0.2) is 112 Å². The predicted molar refractivity (Wildman–Crippen MR) is 431 cm³/mol. The molecule has 0 aliphatic rings. The van der Waals surface area contributed by atoms with E-state index in [-0.39, 0.29) is 49.9 Å². The van der Waals surface area contributed by atoms with E-state index in [0.29, 0.717) is 0 Å². The van der Waals surface area contributed by atoms with Crippen molar-refractivity contribution in [3.05, 3.63) is 123 Å². The van der Waals surface area contributed by atoms with E-state index in [1.165, 1.54) is 0 Å². The molecule has 0 bridgehead atoms. The number of nitrogens with zero attached hydrogens (tertiary/aromatic N) is 25. The van der Waals surface area contributed by atoms with E-state index in [1.54, 1.807) is 70.6 Å². The standard InChI is InChI=1S/C8H13N.2C7H12N2.2C6H12N4.4C6H11N3.9C2H6/c1-8(2,3)9-6-4-5-7-9;1-7(2,3)9-5-4-8-6-9;1-7(2,3)9-6-4-5-8-9;1-5-7-8-9-10(5)6(2,3)4;1-5-7-9-10(8-5)6(2,3)4;1-6(2,3)9-4-7-8-5-9;1-6(2,3)9-5-7-4-8-9;1-6(2,3)9-5-4-7-8-9;1-6(2,3)9-7-4-5-8-9;9*1-2/h4-7H,1-3H3;2*4-6H,1-3H3;2*1-4H3;4*4-5H,1-3H3;9*1-2H3. The van der Waals surface area contributed by atoms with Crippen molar-refractivity contribution >= 4 is 0 Å². The molecule has 9 heterocycles. The first-order valence-electron chi connectivity index (χ1n) is 36.8. The Morgan fingerprint density at radius 3 is 0.881 bits per heavy atom. The van der Waals surface area contributed by atoms with Gasteiger partial charge in [-0.15, -0.1) is 30.6 Å². The summed E-state index contributed by atoms with van der Waals surface area (Å²) in [5.74, 6) is 1.57. The largest absolute Gasteiger partial charge is 0.349 e. The smallest absolute Gasteiger partial charge is 0.171 e. The van der Waals surface area contributed by atoms with Crippen LogP contribution in [0.3, 0.4) is 0 Å². The number of hydrogen-bond acceptors (Lipinski definition) is 16. The topological polar surface area (TPSA) is 251 Å². The second-order valence-electron chi connectivity index (χ2n) is 28.2. The molecule has 9 aromatic rings. The van der Waals surface area contributed by atoms with Crippen molar-refractivity contribution in [2.24, 2.45) is 0 Å². The number of hydrogen-bond donors (Lipinski definition) is 0. The maximum Gasteiger partial charge on any atom is 0.171 e. The minimum atomic E-state index is -0.0543. The van der Waals surface area contributed by atoms with Gasteiger partial charge in [-0.3, -0.25) is 4.68 Å². The molecular formula is C76H159N25. The molecule has 9 rings (SSSR count). The van der Waals surface area contributed by atoms with Gasteiger partial charge in [0, 0.05) is 60.0 Å². The van der Waals surface area contributed by atoms with Gasteiger partial charge in [0.25, 0.3) is 0 Å². The quantitative estimate of drug-likeness (QED) is 0.137. The van der Waals surface area contributed by atoms with Crippen LogP contribution in [0, 0.1) is 13.8 Å². The first-order valence-corrected chi connectivity index (χ1v) is 36.8. The zero-order chi connectivity index (χ0) is 81.9. The lowest BCUT2D eigenvalue weighted by atomic mass is 10.1. The third kappa shape index (κ3) is 57.7. The van der Waals surface area contributed by atoms with Crippen LogP contribution in [-0.2, 0) is 49.9 Å². The molecule has 0 radical (unpaired) electrons. The molecule has 0 fully saturated rings. The second-order valence-corrected chi connectivity index (χ2v) is 28.2. The molecule has 0 aliphatic heterocycles. The molecule has 0 N–H and O–H groups in total. The zero-order valence-electron chi connectivity index (χ0n) is 74.1. The lowest BCUT2D eigenvalue weighted by Crippen LogP contribution is -2.24. The number of tetrazole rings is 2. The molecule has 0 atom stereocenters. The number of imidazole rings is 1. The summed E-state index contributed by atoms with van der Waals surface area (Å²) < 4.78 is 13.6. The average molecular weight is 1420 g/mol. The summed E-state index contributed by atoms with van der Waals surface area (Å²) in [6.07, 6.45) is 27.2. The van der Waals surface area contributed by atoms with Crippen LogP contribution in [0.2, 0.25) is 0 Å². The van der Waals surface area contributed by atoms with Gasteiger partial charge in [0.05, 0.1) is 58.2 Å². The predicted octanol–water partition coefficient (Wildman–Crippen LogP) is 20.4. The Labute approximate surface area is 619 Å². The number of aryl methyl sites for hydroxylation is 2. The van der Waals surface area contributed by atoms with Crippen molar-refractivity contribution in [3.8, 4) is 0 Å². The fourth-order valence-electron chi connectivity index (χ4n) is 5.75. The van der Waals surface area contributed by atoms with Crippen LogP contribution in [-0.4, -0.2) is 124 Å². The van der Waals surface area contributed by atoms with E-state index < -0.39 is 0 Å². The maximum absolute atomic E-state index is 4.10. The summed E-state index contributed by atoms with van der Waals surface area (Å²) in [4.78, 5) is 11.1. The SMILES string of the molecule is CC.CC.CC.CC.CC.CC.CC.CC.CC.CC(C)(C)n1cccc1.CC(C)(C)n1cccn1.CC(C)(C)n1ccnc1.CC(C)(C)n1ccnn1.CC(C)(C)n1cncn1.CC(C)(C)n1cnnc1.CC(C)(C)n1nccn1.Cc1nnn(C(C)(C)C)n1.Cc1nnnn1C(C)(C)C. The summed E-state index contributed by atoms with van der Waals surface area (Å²) in [7, 11) is 0. The van der Waals surface area contributed by atoms with E-state index in [4.69, 9.17) is 0 Å². The van der Waals surface area contributed by atoms with Crippen molar-refractivity contribution in [1.29, 1.82) is 0 Å². The summed E-state index contributed by atoms with van der Waals surface area (Å²) in [6, 6.07) is 6.03. The van der Waals surface area contributed by atoms with Crippen LogP contribution < -0.4 is 0 Å². The zero-order valence-corrected chi connectivity index (χ0v) is 74.1. The van der Waals surface area contributed by atoms with Gasteiger partial charge in [-0.2, -0.15) is 30.0 Å². The summed E-state index contributed by atoms with van der Waals surface area (Å²) in [5, 5.41) is 53.9. The van der Waals surface area contributed by atoms with Crippen molar-refractivity contribution in [2.45, 2.75) is 375 Å². The number of rotatable bonds is 0. The third-order valence-corrected chi connectivity index (χ3v) is 10.7. The fraction of sp³-hybridized carbons (Fsp3) is 0.737. The highest BCUT2D eigenvalue weighted by atomic mass is 15.6. The van der Waals surface area contributed by atoms with Gasteiger partial charge in [0.15, 0.2) is 5.82 Å². The Bertz CT molecular complexity index is 2500. The normalized spacial score (nSPS) is 10.3. The number of aromatic nitrogens is 25. The molecule has 25 heteroatoms. The van der Waals surface area contributed by atoms with E-state index in [9.17, 15) is 0 Å². The molecule has 101 heavy (non-hydrogen) atoms. The van der Waals surface area contributed by atoms with Gasteiger partial charge < -0.3 is 13.7 Å². The summed E-state index contributed by atoms with van der Waals surface area (Å²) in [5.41, 5.74) is 0.748. The van der Waals surface area contributed by atoms with Crippen molar-refractivity contribution in [1.82, 2.24) is 124 Å². The molecule has 0 amide bonds. The van der Waals surface area contributed by atoms with E-state index in [2.05, 4.69) is 270 Å². The van der Waals surface area contributed by atoms with E-state index >= 15 is 0 Å². The first kappa shape index (κ1) is 112. The first-order chi connectivity index (χ1) is 46.8. The molecule has 0 saturated carbocycles. The highest BCUT2D eigenvalue weighted by Gasteiger charge is 2.19. The highest BCUT2D eigenvalue weighted by molar-refractivity contribution is 4.95. The monoisotopic (exact) mass is 1420 g/mol. The van der Waals surface area contributed by atoms with Gasteiger partial charge in [-0.05, 0) is 235 Å². The Balaban J connectivity index is -0.000000131. The average Bonchev–Trinajstić information content (AvgIpc) is 1.72. The van der Waals surface area contributed by atoms with E-state index in [0.717, 1.165) is 11.6 Å². The minimum absolute atomic E-state index is 0.00637. The fourth-order valence-corrected chi connectivity index (χ4v) is 5.75. The highest BCUT2D eigenvalue weighted by Crippen LogP contribution is 2.16. The van der Waals surface area contributed by atoms with Gasteiger partial charge >= 0.3 is 0 Å². The van der Waals surface area contributed by atoms with Crippen LogP contribution >= 0.6 is 0 Å². The molecular weight excluding hydrogens is 1260 g/mol. The molecule has 25 nitrogen and oxygen atoms in total. The summed E-state index contributed by atoms with van der Waals surface area (Å²) >= 11 is 0. The molecule has 588 valence electrons. The lowest BCUT2D eigenvalue weighted by molar-refractivity contribution is 0.305. The van der Waals surface area contributed by atoms with Gasteiger partial charge in [-0.1, -0.05) is 130 Å². The third-order valence-electron chi connectivity index (χ3n) is 10.7. The Morgan fingerprint density at radius 1 is 0.277 bits per heavy atom. The van der Waals surface area contributed by atoms with Crippen LogP contribution in [0.4, 0.5) is 0 Å². The Kier molecular flexibility index (Phi) is 66.5. The van der Waals surface area contributed by atoms with Crippen molar-refractivity contribution in [3.63, 3.8) is 0 Å². The molecule has 0 aliphatic carbocycles. The minimum Gasteiger partial charge on any atom is -0.349 e. The van der Waals surface area contributed by atoms with Crippen molar-refractivity contribution < 1.29 is 0 Å². The molecule has 0 aromatic carbocycles. The Morgan fingerprint density at radius 2 is 0.703 bits per heavy atom. The van der Waals surface area contributed by atoms with Gasteiger partial charge in [-0.25, -0.2) is 24.0 Å². The molecule has 9 aromatic heterocycles. The summed E-state index contributed by atoms with van der Waals surface area (Å²) in [6.45, 7) is 96.4. The second kappa shape index (κ2) is 60.0. The van der Waals surface area contributed by atoms with Gasteiger partial charge in [0.2, 0.25) is 0 Å². The van der Waals surface area contributed by atoms with Gasteiger partial charge in [0.1, 0.15) is 31.1 Å². The lowest BCUT2D eigenvalue weighted by Gasteiger charge is -2.20. The van der Waals surface area contributed by atoms with Crippen LogP contribution in [0.25, 0.3) is 0 Å². The van der Waals surface area contributed by atoms with Crippen molar-refractivity contribution in [2.75, 3.05) is 0 Å². The van der Waals surface area contributed by atoms with Crippen LogP contribution in [0.1, 0.15) is 323 Å². The maximum atomic E-state index is 4.10. The Hall–Kier alpha value is -7.60. The molecule has 0 unspecified atom stereocenters.